The molecule has 2 aliphatic rings. The third-order valence-electron chi connectivity index (χ3n) is 4.67. The van der Waals surface area contributed by atoms with E-state index in [1.807, 2.05) is 19.2 Å². The van der Waals surface area contributed by atoms with Crippen LogP contribution in [0.15, 0.2) is 22.7 Å². The summed E-state index contributed by atoms with van der Waals surface area (Å²) in [7, 11) is 2.01. The topological polar surface area (TPSA) is 30.5 Å². The van der Waals surface area contributed by atoms with E-state index in [2.05, 4.69) is 27.3 Å². The molecule has 0 radical (unpaired) electrons. The average Bonchev–Trinajstić information content (AvgIpc) is 2.91. The van der Waals surface area contributed by atoms with Gasteiger partial charge in [-0.1, -0.05) is 27.5 Å². The molecule has 0 saturated carbocycles. The Labute approximate surface area is 139 Å². The lowest BCUT2D eigenvalue weighted by Gasteiger charge is -2.40. The lowest BCUT2D eigenvalue weighted by Crippen LogP contribution is -2.43. The van der Waals surface area contributed by atoms with Crippen molar-refractivity contribution < 1.29 is 9.47 Å². The Kier molecular flexibility index (Phi) is 4.91. The van der Waals surface area contributed by atoms with E-state index in [0.717, 1.165) is 54.1 Å². The van der Waals surface area contributed by atoms with Crippen molar-refractivity contribution in [2.75, 3.05) is 26.9 Å². The minimum atomic E-state index is -0.0729. The molecule has 2 saturated heterocycles. The number of nitrogens with one attached hydrogen (secondary N) is 1. The van der Waals surface area contributed by atoms with E-state index in [0.29, 0.717) is 5.92 Å². The second kappa shape index (κ2) is 6.55. The van der Waals surface area contributed by atoms with Gasteiger partial charge in [-0.05, 0) is 49.6 Å². The zero-order valence-electron chi connectivity index (χ0n) is 12.2. The Morgan fingerprint density at radius 2 is 2.29 bits per heavy atom. The smallest absolute Gasteiger partial charge is 0.0940 e. The number of hydrogen-bond donors (Lipinski definition) is 1. The molecular weight excluding hydrogens is 354 g/mol. The number of ether oxygens (including phenoxy) is 2. The lowest BCUT2D eigenvalue weighted by molar-refractivity contribution is -0.103. The highest BCUT2D eigenvalue weighted by Crippen LogP contribution is 2.42. The van der Waals surface area contributed by atoms with Crippen LogP contribution < -0.4 is 5.32 Å². The van der Waals surface area contributed by atoms with Crippen molar-refractivity contribution in [2.45, 2.75) is 30.9 Å². The highest BCUT2D eigenvalue weighted by molar-refractivity contribution is 9.10. The van der Waals surface area contributed by atoms with Crippen LogP contribution in [0.3, 0.4) is 0 Å². The summed E-state index contributed by atoms with van der Waals surface area (Å²) in [5, 5.41) is 4.28. The Hall–Kier alpha value is -0.130. The molecule has 0 aromatic heterocycles. The van der Waals surface area contributed by atoms with Crippen LogP contribution in [-0.4, -0.2) is 32.5 Å². The van der Waals surface area contributed by atoms with E-state index in [1.165, 1.54) is 0 Å². The maximum Gasteiger partial charge on any atom is 0.0940 e. The van der Waals surface area contributed by atoms with Gasteiger partial charge in [-0.3, -0.25) is 0 Å². The van der Waals surface area contributed by atoms with E-state index >= 15 is 0 Å². The van der Waals surface area contributed by atoms with Crippen LogP contribution in [0.2, 0.25) is 5.02 Å². The van der Waals surface area contributed by atoms with Crippen molar-refractivity contribution in [1.29, 1.82) is 0 Å². The first kappa shape index (κ1) is 15.8. The molecule has 2 aliphatic heterocycles. The van der Waals surface area contributed by atoms with Gasteiger partial charge in [0.15, 0.2) is 0 Å². The van der Waals surface area contributed by atoms with Gasteiger partial charge < -0.3 is 14.8 Å². The molecule has 21 heavy (non-hydrogen) atoms. The van der Waals surface area contributed by atoms with Crippen molar-refractivity contribution in [3.63, 3.8) is 0 Å². The number of rotatable bonds is 3. The molecule has 1 aromatic rings. The van der Waals surface area contributed by atoms with Gasteiger partial charge in [-0.2, -0.15) is 0 Å². The van der Waals surface area contributed by atoms with Crippen molar-refractivity contribution >= 4 is 27.5 Å². The zero-order chi connectivity index (χ0) is 14.9. The van der Waals surface area contributed by atoms with Crippen LogP contribution in [0.4, 0.5) is 0 Å². The molecule has 3 unspecified atom stereocenters. The van der Waals surface area contributed by atoms with E-state index in [9.17, 15) is 0 Å². The van der Waals surface area contributed by atoms with Crippen molar-refractivity contribution in [3.05, 3.63) is 33.3 Å². The summed E-state index contributed by atoms with van der Waals surface area (Å²) in [6.07, 6.45) is 3.09. The minimum absolute atomic E-state index is 0.0729. The molecule has 3 nitrogen and oxygen atoms in total. The minimum Gasteiger partial charge on any atom is -0.378 e. The monoisotopic (exact) mass is 373 g/mol. The average molecular weight is 375 g/mol. The largest absolute Gasteiger partial charge is 0.378 e. The molecule has 1 spiro atoms. The summed E-state index contributed by atoms with van der Waals surface area (Å²) >= 11 is 9.97. The van der Waals surface area contributed by atoms with Crippen LogP contribution in [-0.2, 0) is 9.47 Å². The summed E-state index contributed by atoms with van der Waals surface area (Å²) in [6, 6.07) is 6.31. The molecular formula is C16H21BrClNO2. The maximum absolute atomic E-state index is 6.42. The Morgan fingerprint density at radius 1 is 1.43 bits per heavy atom. The summed E-state index contributed by atoms with van der Waals surface area (Å²) in [6.45, 7) is 2.35. The summed E-state index contributed by atoms with van der Waals surface area (Å²) in [4.78, 5) is 0. The van der Waals surface area contributed by atoms with E-state index in [-0.39, 0.29) is 11.6 Å². The van der Waals surface area contributed by atoms with Gasteiger partial charge in [0.05, 0.1) is 12.2 Å². The molecule has 0 aliphatic carbocycles. The normalized spacial score (nSPS) is 30.7. The van der Waals surface area contributed by atoms with Crippen LogP contribution >= 0.6 is 27.5 Å². The van der Waals surface area contributed by atoms with Gasteiger partial charge in [0.25, 0.3) is 0 Å². The summed E-state index contributed by atoms with van der Waals surface area (Å²) < 4.78 is 12.7. The predicted octanol–water partition coefficient (Wildman–Crippen LogP) is 3.95. The number of benzene rings is 1. The van der Waals surface area contributed by atoms with E-state index in [1.54, 1.807) is 0 Å². The highest BCUT2D eigenvalue weighted by Gasteiger charge is 2.43. The molecule has 2 fully saturated rings. The van der Waals surface area contributed by atoms with Gasteiger partial charge in [0, 0.05) is 35.2 Å². The molecule has 0 bridgehead atoms. The van der Waals surface area contributed by atoms with Crippen molar-refractivity contribution in [2.24, 2.45) is 5.92 Å². The van der Waals surface area contributed by atoms with Crippen molar-refractivity contribution in [1.82, 2.24) is 5.32 Å². The third-order valence-corrected chi connectivity index (χ3v) is 5.51. The Bertz CT molecular complexity index is 505. The fraction of sp³-hybridized carbons (Fsp3) is 0.625. The molecule has 3 atom stereocenters. The predicted molar refractivity (Wildman–Crippen MR) is 87.8 cm³/mol. The third kappa shape index (κ3) is 3.30. The fourth-order valence-corrected chi connectivity index (χ4v) is 4.23. The fourth-order valence-electron chi connectivity index (χ4n) is 3.61. The Balaban J connectivity index is 1.84. The van der Waals surface area contributed by atoms with Crippen molar-refractivity contribution in [3.8, 4) is 0 Å². The standard InChI is InChI=1S/C16H21BrClNO2/c1-19-15(13-8-12(17)2-3-14(13)18)11-4-6-21-16(9-11)5-7-20-10-16/h2-3,8,11,15,19H,4-7,9-10H2,1H3. The summed E-state index contributed by atoms with van der Waals surface area (Å²) in [5.74, 6) is 0.511. The molecule has 3 rings (SSSR count). The first-order valence-corrected chi connectivity index (χ1v) is 8.64. The Morgan fingerprint density at radius 3 is 3.00 bits per heavy atom. The van der Waals surface area contributed by atoms with Gasteiger partial charge in [-0.25, -0.2) is 0 Å². The maximum atomic E-state index is 6.42. The number of halogens is 2. The van der Waals surface area contributed by atoms with Crippen LogP contribution in [0.25, 0.3) is 0 Å². The molecule has 116 valence electrons. The van der Waals surface area contributed by atoms with Gasteiger partial charge in [0.1, 0.15) is 0 Å². The van der Waals surface area contributed by atoms with Crippen LogP contribution in [0.1, 0.15) is 30.9 Å². The second-order valence-electron chi connectivity index (χ2n) is 6.02. The lowest BCUT2D eigenvalue weighted by atomic mass is 9.79. The SMILES string of the molecule is CNC(c1cc(Br)ccc1Cl)C1CCOC2(CCOC2)C1. The first-order valence-electron chi connectivity index (χ1n) is 7.47. The van der Waals surface area contributed by atoms with Gasteiger partial charge in [0.2, 0.25) is 0 Å². The molecule has 0 amide bonds. The van der Waals surface area contributed by atoms with Crippen LogP contribution in [0.5, 0.6) is 0 Å². The summed E-state index contributed by atoms with van der Waals surface area (Å²) in [5.41, 5.74) is 1.09. The zero-order valence-corrected chi connectivity index (χ0v) is 14.5. The van der Waals surface area contributed by atoms with Gasteiger partial charge in [-0.15, -0.1) is 0 Å². The first-order chi connectivity index (χ1) is 10.1. The molecule has 1 aromatic carbocycles. The van der Waals surface area contributed by atoms with Gasteiger partial charge >= 0.3 is 0 Å². The molecule has 2 heterocycles. The quantitative estimate of drug-likeness (QED) is 0.869. The molecule has 1 N–H and O–H groups in total. The second-order valence-corrected chi connectivity index (χ2v) is 7.34. The number of hydrogen-bond acceptors (Lipinski definition) is 3. The van der Waals surface area contributed by atoms with E-state index in [4.69, 9.17) is 21.1 Å². The van der Waals surface area contributed by atoms with Crippen LogP contribution in [0, 0.1) is 5.92 Å². The van der Waals surface area contributed by atoms with E-state index < -0.39 is 0 Å². The molecule has 5 heteroatoms. The highest BCUT2D eigenvalue weighted by atomic mass is 79.9.